The lowest BCUT2D eigenvalue weighted by molar-refractivity contribution is -0.121. The van der Waals surface area contributed by atoms with Crippen LogP contribution in [0.15, 0.2) is 39.7 Å². The monoisotopic (exact) mass is 408 g/mol. The number of methoxy groups -OCH3 is 2. The molecule has 0 radical (unpaired) electrons. The van der Waals surface area contributed by atoms with Gasteiger partial charge in [0.1, 0.15) is 6.54 Å². The Labute approximate surface area is 154 Å². The zero-order valence-electron chi connectivity index (χ0n) is 14.5. The van der Waals surface area contributed by atoms with Crippen molar-refractivity contribution in [3.05, 3.63) is 56.4 Å². The van der Waals surface area contributed by atoms with Crippen molar-refractivity contribution in [1.82, 2.24) is 9.88 Å². The fourth-order valence-corrected chi connectivity index (χ4v) is 3.04. The largest absolute Gasteiger partial charge is 0.493 e. The van der Waals surface area contributed by atoms with Crippen LogP contribution in [0.2, 0.25) is 0 Å². The van der Waals surface area contributed by atoms with Crippen molar-refractivity contribution in [3.8, 4) is 11.5 Å². The highest BCUT2D eigenvalue weighted by molar-refractivity contribution is 9.10. The van der Waals surface area contributed by atoms with Gasteiger partial charge in [0.2, 0.25) is 5.91 Å². The van der Waals surface area contributed by atoms with E-state index in [4.69, 9.17) is 9.47 Å². The summed E-state index contributed by atoms with van der Waals surface area (Å²) in [6.07, 6.45) is 2.32. The lowest BCUT2D eigenvalue weighted by Gasteiger charge is -2.11. The minimum atomic E-state index is -0.222. The normalized spacial score (nSPS) is 10.4. The number of aromatic nitrogens is 1. The number of halogens is 1. The van der Waals surface area contributed by atoms with Crippen molar-refractivity contribution in [2.45, 2.75) is 19.9 Å². The van der Waals surface area contributed by atoms with Crippen molar-refractivity contribution >= 4 is 21.8 Å². The molecule has 7 heteroatoms. The average molecular weight is 409 g/mol. The maximum absolute atomic E-state index is 12.1. The summed E-state index contributed by atoms with van der Waals surface area (Å²) >= 11 is 3.21. The van der Waals surface area contributed by atoms with Crippen LogP contribution < -0.4 is 20.3 Å². The Hall–Kier alpha value is -2.28. The number of nitrogens with zero attached hydrogens (tertiary/aromatic N) is 1. The third kappa shape index (κ3) is 5.09. The molecule has 2 aromatic rings. The molecule has 0 saturated carbocycles. The highest BCUT2D eigenvalue weighted by atomic mass is 79.9. The van der Waals surface area contributed by atoms with Gasteiger partial charge in [-0.3, -0.25) is 9.59 Å². The smallest absolute Gasteiger partial charge is 0.265 e. The van der Waals surface area contributed by atoms with Crippen LogP contribution >= 0.6 is 15.9 Å². The number of pyridine rings is 1. The van der Waals surface area contributed by atoms with Gasteiger partial charge < -0.3 is 19.4 Å². The van der Waals surface area contributed by atoms with E-state index in [1.807, 2.05) is 25.1 Å². The van der Waals surface area contributed by atoms with E-state index in [0.717, 1.165) is 11.1 Å². The summed E-state index contributed by atoms with van der Waals surface area (Å²) in [6.45, 7) is 2.33. The molecule has 0 aliphatic heterocycles. The Morgan fingerprint density at radius 2 is 1.92 bits per heavy atom. The van der Waals surface area contributed by atoms with E-state index in [-0.39, 0.29) is 18.0 Å². The number of ether oxygens (including phenoxy) is 2. The van der Waals surface area contributed by atoms with Gasteiger partial charge in [-0.25, -0.2) is 0 Å². The van der Waals surface area contributed by atoms with Crippen LogP contribution in [-0.2, 0) is 17.8 Å². The lowest BCUT2D eigenvalue weighted by Crippen LogP contribution is -2.33. The number of rotatable bonds is 7. The molecule has 1 N–H and O–H groups in total. The lowest BCUT2D eigenvalue weighted by atomic mass is 10.1. The molecule has 1 aromatic heterocycles. The van der Waals surface area contributed by atoms with Crippen molar-refractivity contribution in [2.75, 3.05) is 20.8 Å². The topological polar surface area (TPSA) is 69.6 Å². The van der Waals surface area contributed by atoms with Crippen LogP contribution in [0.4, 0.5) is 0 Å². The fraction of sp³-hybridized carbons (Fsp3) is 0.333. The standard InChI is InChI=1S/C18H21BrN2O4/c1-12-8-14(19)18(23)21(10-12)11-17(22)20-7-6-13-4-5-15(24-2)16(9-13)25-3/h4-5,8-10H,6-7,11H2,1-3H3,(H,20,22). The molecule has 0 unspecified atom stereocenters. The van der Waals surface area contributed by atoms with E-state index >= 15 is 0 Å². The third-order valence-electron chi connectivity index (χ3n) is 3.68. The quantitative estimate of drug-likeness (QED) is 0.762. The van der Waals surface area contributed by atoms with Crippen LogP contribution in [-0.4, -0.2) is 31.2 Å². The highest BCUT2D eigenvalue weighted by Crippen LogP contribution is 2.27. The van der Waals surface area contributed by atoms with Gasteiger partial charge in [0.25, 0.3) is 5.56 Å². The summed E-state index contributed by atoms with van der Waals surface area (Å²) in [4.78, 5) is 24.1. The minimum Gasteiger partial charge on any atom is -0.493 e. The Balaban J connectivity index is 1.92. The molecule has 134 valence electrons. The van der Waals surface area contributed by atoms with Gasteiger partial charge in [-0.1, -0.05) is 6.07 Å². The van der Waals surface area contributed by atoms with Gasteiger partial charge >= 0.3 is 0 Å². The van der Waals surface area contributed by atoms with E-state index in [1.54, 1.807) is 26.5 Å². The van der Waals surface area contributed by atoms with E-state index in [2.05, 4.69) is 21.2 Å². The molecule has 1 aromatic carbocycles. The number of benzene rings is 1. The van der Waals surface area contributed by atoms with Crippen molar-refractivity contribution < 1.29 is 14.3 Å². The van der Waals surface area contributed by atoms with Gasteiger partial charge in [-0.15, -0.1) is 0 Å². The van der Waals surface area contributed by atoms with Crippen LogP contribution in [0.1, 0.15) is 11.1 Å². The van der Waals surface area contributed by atoms with Crippen LogP contribution in [0.5, 0.6) is 11.5 Å². The highest BCUT2D eigenvalue weighted by Gasteiger charge is 2.08. The first-order valence-corrected chi connectivity index (χ1v) is 8.58. The first-order chi connectivity index (χ1) is 11.9. The number of hydrogen-bond acceptors (Lipinski definition) is 4. The summed E-state index contributed by atoms with van der Waals surface area (Å²) < 4.78 is 12.3. The molecule has 0 aliphatic carbocycles. The first-order valence-electron chi connectivity index (χ1n) is 7.78. The SMILES string of the molecule is COc1ccc(CCNC(=O)Cn2cc(C)cc(Br)c2=O)cc1OC. The van der Waals surface area contributed by atoms with E-state index in [0.29, 0.717) is 28.9 Å². The van der Waals surface area contributed by atoms with Gasteiger partial charge in [0.05, 0.1) is 18.7 Å². The number of hydrogen-bond donors (Lipinski definition) is 1. The summed E-state index contributed by atoms with van der Waals surface area (Å²) in [5.41, 5.74) is 1.71. The molecule has 0 saturated heterocycles. The Bertz CT molecular complexity index is 817. The van der Waals surface area contributed by atoms with Crippen LogP contribution in [0.3, 0.4) is 0 Å². The number of carbonyl (C=O) groups is 1. The molecule has 6 nitrogen and oxygen atoms in total. The molecule has 0 fully saturated rings. The molecule has 1 heterocycles. The summed E-state index contributed by atoms with van der Waals surface area (Å²) in [5.74, 6) is 1.11. The average Bonchev–Trinajstić information content (AvgIpc) is 2.59. The second kappa shape index (κ2) is 8.71. The van der Waals surface area contributed by atoms with Gasteiger partial charge in [0, 0.05) is 12.7 Å². The maximum Gasteiger partial charge on any atom is 0.265 e. The fourth-order valence-electron chi connectivity index (χ4n) is 2.45. The third-order valence-corrected chi connectivity index (χ3v) is 4.24. The number of amides is 1. The molecule has 1 amide bonds. The second-order valence-electron chi connectivity index (χ2n) is 5.59. The molecule has 0 bridgehead atoms. The molecule has 0 aliphatic rings. The molecule has 0 spiro atoms. The maximum atomic E-state index is 12.1. The van der Waals surface area contributed by atoms with Crippen LogP contribution in [0, 0.1) is 6.92 Å². The number of aryl methyl sites for hydroxylation is 1. The Kier molecular flexibility index (Phi) is 6.64. The molecular weight excluding hydrogens is 388 g/mol. The summed E-state index contributed by atoms with van der Waals surface area (Å²) in [6, 6.07) is 7.37. The summed E-state index contributed by atoms with van der Waals surface area (Å²) in [7, 11) is 3.17. The Morgan fingerprint density at radius 1 is 1.20 bits per heavy atom. The number of carbonyl (C=O) groups excluding carboxylic acids is 1. The minimum absolute atomic E-state index is 0.00888. The van der Waals surface area contributed by atoms with Gasteiger partial charge in [0.15, 0.2) is 11.5 Å². The predicted octanol–water partition coefficient (Wildman–Crippen LogP) is 2.30. The Morgan fingerprint density at radius 3 is 2.60 bits per heavy atom. The molecule has 2 rings (SSSR count). The van der Waals surface area contributed by atoms with Crippen molar-refractivity contribution in [1.29, 1.82) is 0 Å². The molecular formula is C18H21BrN2O4. The molecule has 25 heavy (non-hydrogen) atoms. The van der Waals surface area contributed by atoms with Gasteiger partial charge in [-0.05, 0) is 58.6 Å². The van der Waals surface area contributed by atoms with E-state index < -0.39 is 0 Å². The van der Waals surface area contributed by atoms with E-state index in [9.17, 15) is 9.59 Å². The first kappa shape index (κ1) is 19.1. The zero-order valence-corrected chi connectivity index (χ0v) is 16.1. The summed E-state index contributed by atoms with van der Waals surface area (Å²) in [5, 5.41) is 2.83. The zero-order chi connectivity index (χ0) is 18.4. The second-order valence-corrected chi connectivity index (χ2v) is 6.44. The predicted molar refractivity (Wildman–Crippen MR) is 99.4 cm³/mol. The van der Waals surface area contributed by atoms with Gasteiger partial charge in [-0.2, -0.15) is 0 Å². The molecule has 0 atom stereocenters. The number of nitrogens with one attached hydrogen (secondary N) is 1. The van der Waals surface area contributed by atoms with Crippen molar-refractivity contribution in [3.63, 3.8) is 0 Å². The van der Waals surface area contributed by atoms with Crippen LogP contribution in [0.25, 0.3) is 0 Å². The van der Waals surface area contributed by atoms with E-state index in [1.165, 1.54) is 4.57 Å². The van der Waals surface area contributed by atoms with Crippen molar-refractivity contribution in [2.24, 2.45) is 0 Å².